The number of carbonyl (C=O) groups is 1. The Kier molecular flexibility index (Phi) is 5.06. The van der Waals surface area contributed by atoms with Crippen LogP contribution in [-0.2, 0) is 17.8 Å². The first-order valence-corrected chi connectivity index (χ1v) is 11.0. The van der Waals surface area contributed by atoms with E-state index in [9.17, 15) is 4.79 Å². The minimum atomic E-state index is 0.0947. The van der Waals surface area contributed by atoms with E-state index < -0.39 is 0 Å². The average Bonchev–Trinajstić information content (AvgIpc) is 3.35. The number of hydrogen-bond donors (Lipinski definition) is 0. The Labute approximate surface area is 183 Å². The minimum absolute atomic E-state index is 0.0947. The summed E-state index contributed by atoms with van der Waals surface area (Å²) >= 11 is 0. The highest BCUT2D eigenvalue weighted by atomic mass is 16.2. The van der Waals surface area contributed by atoms with Gasteiger partial charge in [-0.15, -0.1) is 0 Å². The largest absolute Gasteiger partial charge is 0.327 e. The lowest BCUT2D eigenvalue weighted by Gasteiger charge is -2.18. The van der Waals surface area contributed by atoms with Gasteiger partial charge in [0.1, 0.15) is 5.82 Å². The maximum absolute atomic E-state index is 12.9. The third kappa shape index (κ3) is 3.74. The molecule has 0 bridgehead atoms. The lowest BCUT2D eigenvalue weighted by Crippen LogP contribution is -2.24. The lowest BCUT2D eigenvalue weighted by atomic mass is 10.1. The number of nitrogens with zero attached hydrogens (tertiary/aromatic N) is 3. The van der Waals surface area contributed by atoms with Gasteiger partial charge >= 0.3 is 0 Å². The van der Waals surface area contributed by atoms with Crippen LogP contribution in [0, 0.1) is 13.8 Å². The smallest absolute Gasteiger partial charge is 0.227 e. The first-order chi connectivity index (χ1) is 15.1. The van der Waals surface area contributed by atoms with E-state index in [0.29, 0.717) is 13.0 Å². The van der Waals surface area contributed by atoms with Gasteiger partial charge in [0.2, 0.25) is 5.91 Å². The topological polar surface area (TPSA) is 38.1 Å². The predicted octanol–water partition coefficient (Wildman–Crippen LogP) is 5.42. The van der Waals surface area contributed by atoms with Crippen molar-refractivity contribution in [1.82, 2.24) is 9.55 Å². The van der Waals surface area contributed by atoms with Crippen molar-refractivity contribution in [2.24, 2.45) is 0 Å². The Morgan fingerprint density at radius 3 is 2.52 bits per heavy atom. The van der Waals surface area contributed by atoms with Gasteiger partial charge in [0, 0.05) is 31.1 Å². The molecule has 5 rings (SSSR count). The fourth-order valence-corrected chi connectivity index (χ4v) is 4.55. The summed E-state index contributed by atoms with van der Waals surface area (Å²) < 4.78 is 2.32. The molecule has 4 heteroatoms. The van der Waals surface area contributed by atoms with Gasteiger partial charge in [-0.25, -0.2) is 4.98 Å². The minimum Gasteiger partial charge on any atom is -0.327 e. The Morgan fingerprint density at radius 1 is 0.935 bits per heavy atom. The summed E-state index contributed by atoms with van der Waals surface area (Å²) in [5.74, 6) is 1.30. The number of benzene rings is 3. The normalized spacial score (nSPS) is 16.4. The van der Waals surface area contributed by atoms with Crippen LogP contribution in [0.3, 0.4) is 0 Å². The molecule has 31 heavy (non-hydrogen) atoms. The number of rotatable bonds is 5. The molecule has 1 saturated heterocycles. The van der Waals surface area contributed by atoms with Crippen LogP contribution < -0.4 is 4.90 Å². The molecular formula is C27H27N3O. The van der Waals surface area contributed by atoms with Crippen LogP contribution in [0.2, 0.25) is 0 Å². The van der Waals surface area contributed by atoms with Crippen LogP contribution in [0.25, 0.3) is 11.0 Å². The Balaban J connectivity index is 1.46. The van der Waals surface area contributed by atoms with Gasteiger partial charge < -0.3 is 9.47 Å². The van der Waals surface area contributed by atoms with E-state index in [0.717, 1.165) is 35.5 Å². The third-order valence-electron chi connectivity index (χ3n) is 6.44. The highest BCUT2D eigenvalue weighted by Crippen LogP contribution is 2.34. The number of hydrogen-bond acceptors (Lipinski definition) is 2. The molecular weight excluding hydrogens is 382 g/mol. The van der Waals surface area contributed by atoms with Crippen molar-refractivity contribution in [2.45, 2.75) is 39.2 Å². The van der Waals surface area contributed by atoms with Gasteiger partial charge in [0.05, 0.1) is 11.0 Å². The van der Waals surface area contributed by atoms with E-state index in [-0.39, 0.29) is 11.8 Å². The van der Waals surface area contributed by atoms with Gasteiger partial charge in [-0.2, -0.15) is 0 Å². The molecule has 0 aliphatic carbocycles. The Hall–Kier alpha value is -3.40. The van der Waals surface area contributed by atoms with Crippen LogP contribution in [0.15, 0.2) is 72.8 Å². The van der Waals surface area contributed by atoms with Gasteiger partial charge in [-0.1, -0.05) is 48.5 Å². The van der Waals surface area contributed by atoms with Crippen LogP contribution >= 0.6 is 0 Å². The molecule has 4 aromatic rings. The monoisotopic (exact) mass is 409 g/mol. The van der Waals surface area contributed by atoms with E-state index in [1.54, 1.807) is 0 Å². The fourth-order valence-electron chi connectivity index (χ4n) is 4.55. The highest BCUT2D eigenvalue weighted by molar-refractivity contribution is 5.96. The average molecular weight is 410 g/mol. The Morgan fingerprint density at radius 2 is 1.71 bits per heavy atom. The molecule has 3 aromatic carbocycles. The number of aromatic nitrogens is 2. The molecule has 0 saturated carbocycles. The first kappa shape index (κ1) is 19.6. The predicted molar refractivity (Wildman–Crippen MR) is 126 cm³/mol. The molecule has 0 unspecified atom stereocenters. The summed E-state index contributed by atoms with van der Waals surface area (Å²) in [5, 5.41) is 0. The van der Waals surface area contributed by atoms with Gasteiger partial charge in [-0.3, -0.25) is 4.79 Å². The number of para-hydroxylation sites is 2. The van der Waals surface area contributed by atoms with Gasteiger partial charge in [-0.05, 0) is 61.2 Å². The van der Waals surface area contributed by atoms with E-state index in [1.807, 2.05) is 17.0 Å². The number of amides is 1. The molecule has 1 aromatic heterocycles. The van der Waals surface area contributed by atoms with Crippen molar-refractivity contribution in [3.8, 4) is 0 Å². The molecule has 1 atom stereocenters. The van der Waals surface area contributed by atoms with Gasteiger partial charge in [0.25, 0.3) is 0 Å². The second kappa shape index (κ2) is 8.03. The molecule has 0 radical (unpaired) electrons. The number of carbonyl (C=O) groups excluding carboxylic acids is 1. The molecule has 4 nitrogen and oxygen atoms in total. The summed E-state index contributed by atoms with van der Waals surface area (Å²) in [6.45, 7) is 5.73. The molecule has 1 amide bonds. The summed E-state index contributed by atoms with van der Waals surface area (Å²) in [4.78, 5) is 19.9. The van der Waals surface area contributed by atoms with E-state index in [1.165, 1.54) is 16.7 Å². The zero-order valence-electron chi connectivity index (χ0n) is 18.1. The molecule has 0 spiro atoms. The quantitative estimate of drug-likeness (QED) is 0.442. The van der Waals surface area contributed by atoms with Crippen LogP contribution in [-0.4, -0.2) is 22.0 Å². The first-order valence-electron chi connectivity index (χ1n) is 11.0. The lowest BCUT2D eigenvalue weighted by molar-refractivity contribution is -0.117. The summed E-state index contributed by atoms with van der Waals surface area (Å²) in [7, 11) is 0. The van der Waals surface area contributed by atoms with Crippen molar-refractivity contribution < 1.29 is 4.79 Å². The summed E-state index contributed by atoms with van der Waals surface area (Å²) in [5.41, 5.74) is 6.90. The van der Waals surface area contributed by atoms with Crippen molar-refractivity contribution >= 4 is 22.6 Å². The maximum Gasteiger partial charge on any atom is 0.227 e. The summed E-state index contributed by atoms with van der Waals surface area (Å²) in [6.07, 6.45) is 1.44. The number of anilines is 1. The molecule has 0 N–H and O–H groups in total. The van der Waals surface area contributed by atoms with Gasteiger partial charge in [0.15, 0.2) is 0 Å². The highest BCUT2D eigenvalue weighted by Gasteiger charge is 2.34. The van der Waals surface area contributed by atoms with E-state index in [2.05, 4.69) is 79.1 Å². The Bertz CT molecular complexity index is 1240. The number of imidazole rings is 1. The number of fused-ring (bicyclic) bond motifs is 1. The maximum atomic E-state index is 12.9. The van der Waals surface area contributed by atoms with Crippen molar-refractivity contribution in [3.63, 3.8) is 0 Å². The SMILES string of the molecule is Cc1ccc(N2C[C@@H](c3nc4ccccc4n3CCc3ccccc3)CC2=O)cc1C. The number of aryl methyl sites for hydroxylation is 4. The van der Waals surface area contributed by atoms with E-state index >= 15 is 0 Å². The third-order valence-corrected chi connectivity index (χ3v) is 6.44. The molecule has 156 valence electrons. The zero-order chi connectivity index (χ0) is 21.4. The van der Waals surface area contributed by atoms with Crippen molar-refractivity contribution in [3.05, 3.63) is 95.3 Å². The fraction of sp³-hybridized carbons (Fsp3) is 0.259. The molecule has 1 fully saturated rings. The molecule has 1 aliphatic rings. The van der Waals surface area contributed by atoms with E-state index in [4.69, 9.17) is 4.98 Å². The standard InChI is InChI=1S/C27H27N3O/c1-19-12-13-23(16-20(19)2)30-18-22(17-26(30)31)27-28-24-10-6-7-11-25(24)29(27)15-14-21-8-4-3-5-9-21/h3-13,16,22H,14-15,17-18H2,1-2H3/t22-/m0/s1. The van der Waals surface area contributed by atoms with Crippen LogP contribution in [0.1, 0.15) is 34.9 Å². The van der Waals surface area contributed by atoms with Crippen LogP contribution in [0.4, 0.5) is 5.69 Å². The van der Waals surface area contributed by atoms with Crippen molar-refractivity contribution in [2.75, 3.05) is 11.4 Å². The summed E-state index contributed by atoms with van der Waals surface area (Å²) in [6, 6.07) is 25.1. The van der Waals surface area contributed by atoms with Crippen molar-refractivity contribution in [1.29, 1.82) is 0 Å². The zero-order valence-corrected chi connectivity index (χ0v) is 18.1. The second-order valence-electron chi connectivity index (χ2n) is 8.52. The molecule has 2 heterocycles. The molecule has 1 aliphatic heterocycles. The second-order valence-corrected chi connectivity index (χ2v) is 8.52. The van der Waals surface area contributed by atoms with Crippen LogP contribution in [0.5, 0.6) is 0 Å².